The van der Waals surface area contributed by atoms with Gasteiger partial charge in [-0.25, -0.2) is 9.64 Å². The number of aromatic nitrogens is 1. The molecule has 2 rings (SSSR count). The Bertz CT molecular complexity index is 809. The van der Waals surface area contributed by atoms with Gasteiger partial charge < -0.3 is 4.74 Å². The van der Waals surface area contributed by atoms with E-state index in [0.717, 1.165) is 12.8 Å². The summed E-state index contributed by atoms with van der Waals surface area (Å²) < 4.78 is 7.83. The van der Waals surface area contributed by atoms with E-state index < -0.39 is 5.97 Å². The second-order valence-electron chi connectivity index (χ2n) is 10.9. The Morgan fingerprint density at radius 1 is 1.17 bits per heavy atom. The molecular formula is C24H38N4O2. The summed E-state index contributed by atoms with van der Waals surface area (Å²) in [7, 11) is 1.68. The molecule has 0 aromatic carbocycles. The summed E-state index contributed by atoms with van der Waals surface area (Å²) >= 11 is 0. The summed E-state index contributed by atoms with van der Waals surface area (Å²) in [6, 6.07) is 0. The number of hydrogen-bond donors (Lipinski definition) is 1. The number of hydrogen-bond acceptors (Lipinski definition) is 3. The minimum absolute atomic E-state index is 0.0218. The topological polar surface area (TPSA) is 60.0 Å². The first-order valence-corrected chi connectivity index (χ1v) is 10.8. The summed E-state index contributed by atoms with van der Waals surface area (Å²) in [6.45, 7) is 25.0. The lowest BCUT2D eigenvalue weighted by molar-refractivity contribution is -0.0923. The normalized spacial score (nSPS) is 25.5. The molecule has 1 aliphatic carbocycles. The maximum Gasteiger partial charge on any atom is 0.329 e. The van der Waals surface area contributed by atoms with Gasteiger partial charge in [0.1, 0.15) is 11.9 Å². The van der Waals surface area contributed by atoms with Gasteiger partial charge in [-0.3, -0.25) is 15.1 Å². The van der Waals surface area contributed by atoms with Crippen molar-refractivity contribution in [1.29, 1.82) is 0 Å². The molecule has 1 aromatic heterocycles. The molecular weight excluding hydrogens is 376 g/mol. The second-order valence-corrected chi connectivity index (χ2v) is 10.9. The lowest BCUT2D eigenvalue weighted by Crippen LogP contribution is -2.49. The van der Waals surface area contributed by atoms with Crippen LogP contribution in [0.2, 0.25) is 0 Å². The van der Waals surface area contributed by atoms with Gasteiger partial charge in [-0.15, -0.1) is 0 Å². The van der Waals surface area contributed by atoms with Crippen molar-refractivity contribution >= 4 is 17.5 Å². The van der Waals surface area contributed by atoms with Crippen molar-refractivity contribution in [3.8, 4) is 0 Å². The van der Waals surface area contributed by atoms with Crippen LogP contribution < -0.4 is 5.43 Å². The van der Waals surface area contributed by atoms with Crippen LogP contribution in [0.4, 0.5) is 5.69 Å². The Morgan fingerprint density at radius 2 is 1.70 bits per heavy atom. The molecule has 1 fully saturated rings. The highest BCUT2D eigenvalue weighted by molar-refractivity contribution is 5.96. The van der Waals surface area contributed by atoms with Crippen molar-refractivity contribution in [2.75, 3.05) is 12.5 Å². The van der Waals surface area contributed by atoms with Crippen molar-refractivity contribution in [3.05, 3.63) is 29.4 Å². The number of nitrogens with zero attached hydrogens (tertiary/aromatic N) is 3. The van der Waals surface area contributed by atoms with Gasteiger partial charge in [-0.1, -0.05) is 48.5 Å². The van der Waals surface area contributed by atoms with E-state index in [1.54, 1.807) is 24.1 Å². The third kappa shape index (κ3) is 5.44. The molecule has 30 heavy (non-hydrogen) atoms. The second kappa shape index (κ2) is 8.83. The molecule has 1 saturated carbocycles. The highest BCUT2D eigenvalue weighted by Crippen LogP contribution is 2.49. The van der Waals surface area contributed by atoms with Gasteiger partial charge >= 0.3 is 5.97 Å². The van der Waals surface area contributed by atoms with Crippen LogP contribution in [0.15, 0.2) is 17.4 Å². The molecule has 0 saturated heterocycles. The minimum atomic E-state index is -0.421. The molecule has 6 heteroatoms. The SMILES string of the molecule is [C-]#[N+]c1cn(NC(C)=NC)cc1C(=O)OC1C(C(C)(C)C)CC(C)CC1C(C)(C)C. The predicted molar refractivity (Wildman–Crippen MR) is 123 cm³/mol. The fraction of sp³-hybridized carbons (Fsp3) is 0.708. The van der Waals surface area contributed by atoms with Gasteiger partial charge in [0.25, 0.3) is 0 Å². The quantitative estimate of drug-likeness (QED) is 0.289. The summed E-state index contributed by atoms with van der Waals surface area (Å²) in [5, 5.41) is 0. The smallest absolute Gasteiger partial charge is 0.329 e. The first kappa shape index (κ1) is 24.0. The van der Waals surface area contributed by atoms with E-state index in [1.807, 2.05) is 6.92 Å². The van der Waals surface area contributed by atoms with E-state index in [4.69, 9.17) is 11.3 Å². The number of carbonyl (C=O) groups is 1. The van der Waals surface area contributed by atoms with Crippen molar-refractivity contribution < 1.29 is 9.53 Å². The lowest BCUT2D eigenvalue weighted by Gasteiger charge is -2.50. The van der Waals surface area contributed by atoms with E-state index in [0.29, 0.717) is 17.3 Å². The van der Waals surface area contributed by atoms with Crippen molar-refractivity contribution in [1.82, 2.24) is 4.68 Å². The molecule has 0 amide bonds. The zero-order chi connectivity index (χ0) is 22.9. The molecule has 1 N–H and O–H groups in total. The van der Waals surface area contributed by atoms with E-state index in [9.17, 15) is 4.79 Å². The Hall–Kier alpha value is -2.29. The van der Waals surface area contributed by atoms with Gasteiger partial charge in [0.05, 0.1) is 12.1 Å². The average molecular weight is 415 g/mol. The fourth-order valence-corrected chi connectivity index (χ4v) is 4.55. The highest BCUT2D eigenvalue weighted by Gasteiger charge is 2.48. The van der Waals surface area contributed by atoms with E-state index in [2.05, 4.69) is 63.7 Å². The van der Waals surface area contributed by atoms with Gasteiger partial charge in [-0.2, -0.15) is 0 Å². The molecule has 0 bridgehead atoms. The molecule has 6 nitrogen and oxygen atoms in total. The van der Waals surface area contributed by atoms with Crippen LogP contribution in [0.3, 0.4) is 0 Å². The zero-order valence-corrected chi connectivity index (χ0v) is 20.0. The van der Waals surface area contributed by atoms with Crippen LogP contribution in [0.25, 0.3) is 4.85 Å². The maximum absolute atomic E-state index is 13.3. The van der Waals surface area contributed by atoms with E-state index in [-0.39, 0.29) is 34.5 Å². The minimum Gasteiger partial charge on any atom is -0.459 e. The lowest BCUT2D eigenvalue weighted by atomic mass is 9.59. The van der Waals surface area contributed by atoms with Crippen molar-refractivity contribution in [2.45, 2.75) is 74.3 Å². The van der Waals surface area contributed by atoms with Crippen LogP contribution in [0.5, 0.6) is 0 Å². The fourth-order valence-electron chi connectivity index (χ4n) is 4.55. The first-order valence-electron chi connectivity index (χ1n) is 10.8. The number of rotatable bonds is 3. The molecule has 1 heterocycles. The Balaban J connectivity index is 2.38. The Kier molecular flexibility index (Phi) is 7.06. The number of carbonyl (C=O) groups excluding carboxylic acids is 1. The largest absolute Gasteiger partial charge is 0.459 e. The van der Waals surface area contributed by atoms with Crippen LogP contribution in [0.1, 0.15) is 78.6 Å². The van der Waals surface area contributed by atoms with E-state index >= 15 is 0 Å². The Labute approximate surface area is 181 Å². The standard InChI is InChI=1S/C24H38N4O2/c1-15-11-18(23(3,4)5)21(19(12-15)24(6,7)8)30-22(29)17-13-28(14-20(17)26-10)27-16(2)25-9/h13-15,18-19,21H,11-12H2,1-9H3,(H,25,27). The van der Waals surface area contributed by atoms with Gasteiger partial charge in [0.15, 0.2) is 0 Å². The average Bonchev–Trinajstić information content (AvgIpc) is 3.03. The molecule has 2 atom stereocenters. The number of aliphatic imine (C=N–C) groups is 1. The van der Waals surface area contributed by atoms with Crippen LogP contribution in [0, 0.1) is 35.2 Å². The Morgan fingerprint density at radius 3 is 2.13 bits per heavy atom. The molecule has 0 aliphatic heterocycles. The summed E-state index contributed by atoms with van der Waals surface area (Å²) in [6.07, 6.45) is 5.12. The van der Waals surface area contributed by atoms with Gasteiger partial charge in [0, 0.05) is 31.3 Å². The van der Waals surface area contributed by atoms with Crippen LogP contribution in [-0.4, -0.2) is 29.6 Å². The molecule has 0 radical (unpaired) electrons. The summed E-state index contributed by atoms with van der Waals surface area (Å²) in [4.78, 5) is 20.8. The molecule has 166 valence electrons. The third-order valence-electron chi connectivity index (χ3n) is 6.35. The van der Waals surface area contributed by atoms with Crippen LogP contribution in [-0.2, 0) is 4.74 Å². The first-order chi connectivity index (χ1) is 13.8. The molecule has 1 aliphatic rings. The number of ether oxygens (including phenoxy) is 1. The van der Waals surface area contributed by atoms with Crippen molar-refractivity contribution in [2.24, 2.45) is 33.6 Å². The maximum atomic E-state index is 13.3. The van der Waals surface area contributed by atoms with Crippen molar-refractivity contribution in [3.63, 3.8) is 0 Å². The zero-order valence-electron chi connectivity index (χ0n) is 20.0. The monoisotopic (exact) mass is 414 g/mol. The number of amidine groups is 1. The summed E-state index contributed by atoms with van der Waals surface area (Å²) in [5.41, 5.74) is 3.65. The predicted octanol–water partition coefficient (Wildman–Crippen LogP) is 5.91. The van der Waals surface area contributed by atoms with Crippen LogP contribution >= 0.6 is 0 Å². The molecule has 2 unspecified atom stereocenters. The van der Waals surface area contributed by atoms with E-state index in [1.165, 1.54) is 0 Å². The third-order valence-corrected chi connectivity index (χ3v) is 6.35. The molecule has 0 spiro atoms. The molecule has 1 aromatic rings. The number of esters is 1. The van der Waals surface area contributed by atoms with Gasteiger partial charge in [0.2, 0.25) is 5.69 Å². The highest BCUT2D eigenvalue weighted by atomic mass is 16.5. The number of nitrogens with one attached hydrogen (secondary N) is 1. The van der Waals surface area contributed by atoms with Gasteiger partial charge in [-0.05, 0) is 36.5 Å². The summed E-state index contributed by atoms with van der Waals surface area (Å²) in [5.74, 6) is 1.38.